The van der Waals surface area contributed by atoms with Crippen LogP contribution in [-0.4, -0.2) is 39.8 Å². The van der Waals surface area contributed by atoms with Crippen LogP contribution in [0.1, 0.15) is 31.0 Å². The molecule has 4 rings (SSSR count). The summed E-state index contributed by atoms with van der Waals surface area (Å²) >= 11 is 0. The number of anilines is 2. The van der Waals surface area contributed by atoms with Crippen molar-refractivity contribution in [1.82, 2.24) is 14.8 Å². The molecule has 0 fully saturated rings. The zero-order valence-electron chi connectivity index (χ0n) is 18.9. The number of hydrogen-bond acceptors (Lipinski definition) is 6. The largest absolute Gasteiger partial charge is 0.463 e. The Hall–Kier alpha value is -4.15. The molecule has 0 radical (unpaired) electrons. The molecule has 0 bridgehead atoms. The Bertz CT molecular complexity index is 1270. The summed E-state index contributed by atoms with van der Waals surface area (Å²) in [6, 6.07) is 12.9. The second-order valence-electron chi connectivity index (χ2n) is 7.75. The van der Waals surface area contributed by atoms with Gasteiger partial charge in [-0.3, -0.25) is 4.79 Å². The van der Waals surface area contributed by atoms with Crippen molar-refractivity contribution in [2.75, 3.05) is 23.4 Å². The number of esters is 1. The van der Waals surface area contributed by atoms with E-state index in [1.54, 1.807) is 13.8 Å². The second-order valence-corrected chi connectivity index (χ2v) is 7.75. The summed E-state index contributed by atoms with van der Waals surface area (Å²) in [6.45, 7) is 3.19. The van der Waals surface area contributed by atoms with Crippen molar-refractivity contribution in [3.63, 3.8) is 0 Å². The van der Waals surface area contributed by atoms with Gasteiger partial charge in [0.05, 0.1) is 17.7 Å². The Balaban J connectivity index is 1.68. The molecule has 2 aromatic carbocycles. The van der Waals surface area contributed by atoms with Crippen LogP contribution in [0.3, 0.4) is 0 Å². The van der Waals surface area contributed by atoms with Crippen LogP contribution in [0.25, 0.3) is 0 Å². The maximum Gasteiger partial charge on any atom is 0.416 e. The van der Waals surface area contributed by atoms with Gasteiger partial charge in [0.2, 0.25) is 11.9 Å². The Morgan fingerprint density at radius 3 is 2.54 bits per heavy atom. The molecule has 3 aromatic rings. The van der Waals surface area contributed by atoms with Gasteiger partial charge < -0.3 is 15.0 Å². The lowest BCUT2D eigenvalue weighted by molar-refractivity contribution is -0.139. The van der Waals surface area contributed by atoms with Gasteiger partial charge in [-0.05, 0) is 37.6 Å². The summed E-state index contributed by atoms with van der Waals surface area (Å²) < 4.78 is 45.9. The third-order valence-electron chi connectivity index (χ3n) is 5.49. The van der Waals surface area contributed by atoms with Crippen molar-refractivity contribution in [3.05, 3.63) is 83.3 Å². The maximum atomic E-state index is 13.0. The SMILES string of the molecule is CCOC(=O)C1=C(C)N(CC(=O)Nc2cccc(C(F)(F)F)c2)c2ncnn2[C@@H]1c1ccccc1. The van der Waals surface area contributed by atoms with Crippen LogP contribution in [0.4, 0.5) is 24.8 Å². The van der Waals surface area contributed by atoms with E-state index in [2.05, 4.69) is 15.4 Å². The molecule has 1 aliphatic rings. The molecule has 2 heterocycles. The van der Waals surface area contributed by atoms with Crippen LogP contribution in [-0.2, 0) is 20.5 Å². The van der Waals surface area contributed by atoms with Crippen LogP contribution in [0, 0.1) is 0 Å². The first-order valence-electron chi connectivity index (χ1n) is 10.8. The molecular formula is C24H22F3N5O3. The number of nitrogens with zero attached hydrogens (tertiary/aromatic N) is 4. The number of fused-ring (bicyclic) bond motifs is 1. The van der Waals surface area contributed by atoms with Gasteiger partial charge in [-0.2, -0.15) is 23.3 Å². The number of rotatable bonds is 6. The van der Waals surface area contributed by atoms with Crippen molar-refractivity contribution in [2.24, 2.45) is 0 Å². The number of hydrogen-bond donors (Lipinski definition) is 1. The van der Waals surface area contributed by atoms with Gasteiger partial charge in [0, 0.05) is 11.4 Å². The van der Waals surface area contributed by atoms with Gasteiger partial charge in [0.1, 0.15) is 18.9 Å². The average molecular weight is 485 g/mol. The Labute approximate surface area is 199 Å². The highest BCUT2D eigenvalue weighted by Gasteiger charge is 2.38. The standard InChI is InChI=1S/C24H22F3N5O3/c1-3-35-22(34)20-15(2)31(13-19(33)30-18-11-7-10-17(12-18)24(25,26)27)23-28-14-29-32(23)21(20)16-8-5-4-6-9-16/h4-12,14,21H,3,13H2,1-2H3,(H,30,33)/t21-/m1/s1. The van der Waals surface area contributed by atoms with Gasteiger partial charge in [-0.1, -0.05) is 36.4 Å². The quantitative estimate of drug-likeness (QED) is 0.527. The predicted octanol–water partition coefficient (Wildman–Crippen LogP) is 4.18. The summed E-state index contributed by atoms with van der Waals surface area (Å²) in [6.07, 6.45) is -3.23. The lowest BCUT2D eigenvalue weighted by Crippen LogP contribution is -2.40. The van der Waals surface area contributed by atoms with Crippen LogP contribution >= 0.6 is 0 Å². The third kappa shape index (κ3) is 4.88. The van der Waals surface area contributed by atoms with E-state index in [1.807, 2.05) is 30.3 Å². The van der Waals surface area contributed by atoms with Crippen molar-refractivity contribution >= 4 is 23.5 Å². The number of nitrogens with one attached hydrogen (secondary N) is 1. The number of carbonyl (C=O) groups is 2. The van der Waals surface area contributed by atoms with Crippen LogP contribution in [0.15, 0.2) is 72.2 Å². The lowest BCUT2D eigenvalue weighted by Gasteiger charge is -2.35. The first-order valence-corrected chi connectivity index (χ1v) is 10.8. The van der Waals surface area contributed by atoms with Crippen LogP contribution < -0.4 is 10.2 Å². The molecule has 8 nitrogen and oxygen atoms in total. The summed E-state index contributed by atoms with van der Waals surface area (Å²) in [5, 5.41) is 6.77. The highest BCUT2D eigenvalue weighted by Crippen LogP contribution is 2.38. The van der Waals surface area contributed by atoms with Crippen molar-refractivity contribution in [1.29, 1.82) is 0 Å². The summed E-state index contributed by atoms with van der Waals surface area (Å²) in [5.41, 5.74) is 0.603. The number of allylic oxidation sites excluding steroid dienone is 1. The molecule has 0 saturated heterocycles. The zero-order valence-corrected chi connectivity index (χ0v) is 18.9. The number of alkyl halides is 3. The van der Waals surface area contributed by atoms with E-state index >= 15 is 0 Å². The molecule has 182 valence electrons. The van der Waals surface area contributed by atoms with E-state index in [0.29, 0.717) is 11.6 Å². The molecule has 35 heavy (non-hydrogen) atoms. The lowest BCUT2D eigenvalue weighted by atomic mass is 9.95. The Morgan fingerprint density at radius 2 is 1.86 bits per heavy atom. The Kier molecular flexibility index (Phi) is 6.59. The molecule has 1 aromatic heterocycles. The van der Waals surface area contributed by atoms with Gasteiger partial charge in [0.15, 0.2) is 0 Å². The van der Waals surface area contributed by atoms with Gasteiger partial charge in [0.25, 0.3) is 0 Å². The minimum absolute atomic E-state index is 0.00212. The minimum atomic E-state index is -4.54. The monoisotopic (exact) mass is 485 g/mol. The molecule has 1 aliphatic heterocycles. The van der Waals surface area contributed by atoms with Crippen molar-refractivity contribution in [2.45, 2.75) is 26.1 Å². The molecule has 0 saturated carbocycles. The maximum absolute atomic E-state index is 13.0. The van der Waals surface area contributed by atoms with E-state index in [1.165, 1.54) is 28.0 Å². The third-order valence-corrected chi connectivity index (χ3v) is 5.49. The molecule has 1 atom stereocenters. The topological polar surface area (TPSA) is 89.3 Å². The normalized spacial score (nSPS) is 15.6. The number of halogens is 3. The fourth-order valence-electron chi connectivity index (χ4n) is 3.95. The average Bonchev–Trinajstić information content (AvgIpc) is 3.30. The molecule has 0 spiro atoms. The molecular weight excluding hydrogens is 463 g/mol. The van der Waals surface area contributed by atoms with E-state index in [0.717, 1.165) is 17.7 Å². The molecule has 1 N–H and O–H groups in total. The molecule has 11 heteroatoms. The first-order chi connectivity index (χ1) is 16.7. The number of ether oxygens (including phenoxy) is 1. The van der Waals surface area contributed by atoms with Crippen LogP contribution in [0.5, 0.6) is 0 Å². The van der Waals surface area contributed by atoms with Gasteiger partial charge in [-0.25, -0.2) is 9.48 Å². The summed E-state index contributed by atoms with van der Waals surface area (Å²) in [7, 11) is 0. The summed E-state index contributed by atoms with van der Waals surface area (Å²) in [5.74, 6) is -0.855. The zero-order chi connectivity index (χ0) is 25.2. The van der Waals surface area contributed by atoms with Crippen molar-refractivity contribution < 1.29 is 27.5 Å². The molecule has 0 aliphatic carbocycles. The van der Waals surface area contributed by atoms with E-state index in [-0.39, 0.29) is 24.4 Å². The first kappa shape index (κ1) is 24.0. The highest BCUT2D eigenvalue weighted by atomic mass is 19.4. The molecule has 0 unspecified atom stereocenters. The van der Waals surface area contributed by atoms with E-state index < -0.39 is 29.7 Å². The highest BCUT2D eigenvalue weighted by molar-refractivity contribution is 5.96. The number of benzene rings is 2. The number of aromatic nitrogens is 3. The predicted molar refractivity (Wildman–Crippen MR) is 121 cm³/mol. The van der Waals surface area contributed by atoms with E-state index in [4.69, 9.17) is 4.74 Å². The molecule has 1 amide bonds. The fraction of sp³-hybridized carbons (Fsp3) is 0.250. The smallest absolute Gasteiger partial charge is 0.416 e. The van der Waals surface area contributed by atoms with Gasteiger partial charge in [-0.15, -0.1) is 0 Å². The van der Waals surface area contributed by atoms with Gasteiger partial charge >= 0.3 is 12.1 Å². The number of carbonyl (C=O) groups excluding carboxylic acids is 2. The minimum Gasteiger partial charge on any atom is -0.463 e. The van der Waals surface area contributed by atoms with Crippen molar-refractivity contribution in [3.8, 4) is 0 Å². The fourth-order valence-corrected chi connectivity index (χ4v) is 3.95. The summed E-state index contributed by atoms with van der Waals surface area (Å²) in [4.78, 5) is 31.6. The van der Waals surface area contributed by atoms with Crippen LogP contribution in [0.2, 0.25) is 0 Å². The Morgan fingerprint density at radius 1 is 1.11 bits per heavy atom. The second kappa shape index (κ2) is 9.61. The van der Waals surface area contributed by atoms with E-state index in [9.17, 15) is 22.8 Å². The number of amides is 1.